The number of carbonyl (C=O) groups excluding carboxylic acids is 3. The molecule has 2 aromatic rings. The molecule has 2 unspecified atom stereocenters. The third-order valence-corrected chi connectivity index (χ3v) is 6.64. The molecule has 2 atom stereocenters. The minimum absolute atomic E-state index is 0.173. The smallest absolute Gasteiger partial charge is 0.475 e. The van der Waals surface area contributed by atoms with E-state index in [9.17, 15) is 27.6 Å². The topological polar surface area (TPSA) is 138 Å². The van der Waals surface area contributed by atoms with Crippen molar-refractivity contribution in [2.24, 2.45) is 0 Å². The van der Waals surface area contributed by atoms with Crippen LogP contribution in [0.1, 0.15) is 60.3 Å². The van der Waals surface area contributed by atoms with E-state index in [0.29, 0.717) is 18.5 Å². The Labute approximate surface area is 209 Å². The lowest BCUT2D eigenvalue weighted by Crippen LogP contribution is -2.52. The van der Waals surface area contributed by atoms with Crippen molar-refractivity contribution < 1.29 is 37.5 Å². The Hall–Kier alpha value is -3.81. The number of carbonyl (C=O) groups is 4. The molecule has 3 aliphatic heterocycles. The minimum Gasteiger partial charge on any atom is -0.475 e. The molecule has 1 aromatic carbocycles. The molecule has 0 radical (unpaired) electrons. The molecule has 11 nitrogen and oxygen atoms in total. The number of rotatable bonds is 4. The fourth-order valence-electron chi connectivity index (χ4n) is 4.61. The zero-order chi connectivity index (χ0) is 26.9. The highest BCUT2D eigenvalue weighted by Gasteiger charge is 2.39. The van der Waals surface area contributed by atoms with Gasteiger partial charge >= 0.3 is 12.1 Å². The number of benzene rings is 1. The zero-order valence-corrected chi connectivity index (χ0v) is 19.9. The fraction of sp³-hybridized carbons (Fsp3) is 0.478. The molecule has 37 heavy (non-hydrogen) atoms. The highest BCUT2D eigenvalue weighted by molar-refractivity contribution is 6.05. The molecule has 3 aliphatic rings. The third-order valence-electron chi connectivity index (χ3n) is 6.64. The maximum Gasteiger partial charge on any atom is 0.490 e. The van der Waals surface area contributed by atoms with E-state index in [1.165, 1.54) is 12.8 Å². The van der Waals surface area contributed by atoms with Gasteiger partial charge in [-0.1, -0.05) is 5.21 Å². The predicted molar refractivity (Wildman–Crippen MR) is 120 cm³/mol. The van der Waals surface area contributed by atoms with Gasteiger partial charge in [0.1, 0.15) is 6.04 Å². The van der Waals surface area contributed by atoms with Crippen molar-refractivity contribution in [3.8, 4) is 5.69 Å². The van der Waals surface area contributed by atoms with Crippen LogP contribution < -0.4 is 5.32 Å². The molecule has 2 fully saturated rings. The van der Waals surface area contributed by atoms with E-state index in [2.05, 4.69) is 27.5 Å². The molecular formula is C23H25F3N6O5. The monoisotopic (exact) mass is 522 g/mol. The first-order valence-electron chi connectivity index (χ1n) is 11.7. The number of imide groups is 1. The van der Waals surface area contributed by atoms with Crippen molar-refractivity contribution in [1.82, 2.24) is 30.1 Å². The third kappa shape index (κ3) is 5.63. The molecule has 2 saturated heterocycles. The van der Waals surface area contributed by atoms with Gasteiger partial charge in [0.15, 0.2) is 0 Å². The van der Waals surface area contributed by atoms with Crippen LogP contribution in [0.15, 0.2) is 24.4 Å². The Morgan fingerprint density at radius 1 is 1.19 bits per heavy atom. The van der Waals surface area contributed by atoms with Gasteiger partial charge in [0.05, 0.1) is 23.6 Å². The summed E-state index contributed by atoms with van der Waals surface area (Å²) < 4.78 is 33.5. The SMILES string of the molecule is CC(c1cn(-c2ccc3c(c2)CN(C2CCC(=O)NC2=O)C3=O)nn1)N1CCCC1.O=C(O)C(F)(F)F. The molecule has 1 aromatic heterocycles. The number of fused-ring (bicyclic) bond motifs is 1. The molecule has 3 amide bonds. The quantitative estimate of drug-likeness (QED) is 0.580. The molecule has 4 heterocycles. The molecule has 14 heteroatoms. The number of hydrogen-bond donors (Lipinski definition) is 2. The van der Waals surface area contributed by atoms with Crippen LogP contribution in [0, 0.1) is 0 Å². The molecule has 0 spiro atoms. The van der Waals surface area contributed by atoms with Crippen molar-refractivity contribution in [2.75, 3.05) is 13.1 Å². The van der Waals surface area contributed by atoms with Crippen LogP contribution in [0.4, 0.5) is 13.2 Å². The molecule has 0 bridgehead atoms. The second-order valence-electron chi connectivity index (χ2n) is 9.05. The summed E-state index contributed by atoms with van der Waals surface area (Å²) in [6.07, 6.45) is -0.0851. The summed E-state index contributed by atoms with van der Waals surface area (Å²) in [5.74, 6) is -3.61. The van der Waals surface area contributed by atoms with Crippen LogP contribution in [0.3, 0.4) is 0 Å². The van der Waals surface area contributed by atoms with E-state index >= 15 is 0 Å². The van der Waals surface area contributed by atoms with Gasteiger partial charge in [0.25, 0.3) is 5.91 Å². The lowest BCUT2D eigenvalue weighted by molar-refractivity contribution is -0.192. The highest BCUT2D eigenvalue weighted by atomic mass is 19.4. The Morgan fingerprint density at radius 2 is 1.86 bits per heavy atom. The van der Waals surface area contributed by atoms with Gasteiger partial charge in [-0.2, -0.15) is 13.2 Å². The summed E-state index contributed by atoms with van der Waals surface area (Å²) in [7, 11) is 0. The second kappa shape index (κ2) is 10.3. The molecule has 0 aliphatic carbocycles. The van der Waals surface area contributed by atoms with E-state index in [1.54, 1.807) is 15.6 Å². The van der Waals surface area contributed by atoms with Gasteiger partial charge in [0, 0.05) is 18.5 Å². The van der Waals surface area contributed by atoms with E-state index < -0.39 is 24.1 Å². The Kier molecular flexibility index (Phi) is 7.30. The Morgan fingerprint density at radius 3 is 2.49 bits per heavy atom. The lowest BCUT2D eigenvalue weighted by atomic mass is 10.0. The van der Waals surface area contributed by atoms with Gasteiger partial charge in [0.2, 0.25) is 11.8 Å². The lowest BCUT2D eigenvalue weighted by Gasteiger charge is -2.29. The predicted octanol–water partition coefficient (Wildman–Crippen LogP) is 1.82. The van der Waals surface area contributed by atoms with Gasteiger partial charge in [-0.3, -0.25) is 24.6 Å². The van der Waals surface area contributed by atoms with Crippen LogP contribution >= 0.6 is 0 Å². The number of likely N-dealkylation sites (tertiary alicyclic amines) is 1. The average molecular weight is 522 g/mol. The number of nitrogens with zero attached hydrogens (tertiary/aromatic N) is 5. The molecule has 5 rings (SSSR count). The molecule has 198 valence electrons. The van der Waals surface area contributed by atoms with Gasteiger partial charge in [-0.05, 0) is 63.0 Å². The zero-order valence-electron chi connectivity index (χ0n) is 19.9. The Bertz CT molecular complexity index is 1220. The first-order chi connectivity index (χ1) is 17.5. The first kappa shape index (κ1) is 26.3. The number of carboxylic acids is 1. The Balaban J connectivity index is 0.000000405. The largest absolute Gasteiger partial charge is 0.490 e. The summed E-state index contributed by atoms with van der Waals surface area (Å²) in [4.78, 5) is 49.3. The number of hydrogen-bond acceptors (Lipinski definition) is 7. The van der Waals surface area contributed by atoms with Crippen LogP contribution in [-0.2, 0) is 20.9 Å². The number of aromatic nitrogens is 3. The minimum atomic E-state index is -5.08. The molecular weight excluding hydrogens is 497 g/mol. The second-order valence-corrected chi connectivity index (χ2v) is 9.05. The number of amides is 3. The van der Waals surface area contributed by atoms with Crippen molar-refractivity contribution in [1.29, 1.82) is 0 Å². The van der Waals surface area contributed by atoms with Crippen LogP contribution in [0.2, 0.25) is 0 Å². The summed E-state index contributed by atoms with van der Waals surface area (Å²) in [5, 5.41) is 18.1. The van der Waals surface area contributed by atoms with Crippen molar-refractivity contribution >= 4 is 23.7 Å². The number of halogens is 3. The van der Waals surface area contributed by atoms with Crippen molar-refractivity contribution in [2.45, 2.75) is 57.4 Å². The van der Waals surface area contributed by atoms with Crippen molar-refractivity contribution in [3.05, 3.63) is 41.2 Å². The fourth-order valence-corrected chi connectivity index (χ4v) is 4.61. The highest BCUT2D eigenvalue weighted by Crippen LogP contribution is 2.29. The van der Waals surface area contributed by atoms with Crippen LogP contribution in [-0.4, -0.2) is 78.9 Å². The summed E-state index contributed by atoms with van der Waals surface area (Å²) in [6, 6.07) is 5.18. The van der Waals surface area contributed by atoms with Crippen LogP contribution in [0.5, 0.6) is 0 Å². The molecule has 0 saturated carbocycles. The van der Waals surface area contributed by atoms with Gasteiger partial charge in [-0.15, -0.1) is 5.10 Å². The maximum atomic E-state index is 12.8. The standard InChI is InChI=1S/C21H24N6O3.C2HF3O2/c1-13(25-8-2-3-9-25)17-12-27(24-23-17)15-4-5-16-14(10-15)11-26(21(16)30)18-6-7-19(28)22-20(18)29;3-2(4,5)1(6)7/h4-5,10,12-13,18H,2-3,6-9,11H2,1H3,(H,22,28,29);(H,6,7). The van der Waals surface area contributed by atoms with E-state index in [-0.39, 0.29) is 24.3 Å². The number of nitrogens with one attached hydrogen (secondary N) is 1. The summed E-state index contributed by atoms with van der Waals surface area (Å²) >= 11 is 0. The first-order valence-corrected chi connectivity index (χ1v) is 11.7. The van der Waals surface area contributed by atoms with E-state index in [4.69, 9.17) is 9.90 Å². The van der Waals surface area contributed by atoms with Gasteiger partial charge < -0.3 is 10.0 Å². The number of piperidine rings is 1. The summed E-state index contributed by atoms with van der Waals surface area (Å²) in [5.41, 5.74) is 3.21. The molecule has 2 N–H and O–H groups in total. The van der Waals surface area contributed by atoms with E-state index in [0.717, 1.165) is 30.0 Å². The summed E-state index contributed by atoms with van der Waals surface area (Å²) in [6.45, 7) is 4.68. The van der Waals surface area contributed by atoms with Crippen molar-refractivity contribution in [3.63, 3.8) is 0 Å². The normalized spacial score (nSPS) is 20.8. The maximum absolute atomic E-state index is 12.8. The van der Waals surface area contributed by atoms with Gasteiger partial charge in [-0.25, -0.2) is 9.48 Å². The number of aliphatic carboxylic acids is 1. The van der Waals surface area contributed by atoms with Crippen LogP contribution in [0.25, 0.3) is 5.69 Å². The number of carboxylic acid groups (broad SMARTS) is 1. The number of alkyl halides is 3. The average Bonchev–Trinajstić information content (AvgIpc) is 3.59. The van der Waals surface area contributed by atoms with E-state index in [1.807, 2.05) is 18.3 Å².